The number of hydrogen-bond donors (Lipinski definition) is 3. The van der Waals surface area contributed by atoms with E-state index in [0.717, 1.165) is 16.8 Å². The third-order valence-corrected chi connectivity index (χ3v) is 5.75. The second-order valence-electron chi connectivity index (χ2n) is 5.78. The molecule has 0 radical (unpaired) electrons. The van der Waals surface area contributed by atoms with Gasteiger partial charge in [0.1, 0.15) is 0 Å². The molecule has 136 valence electrons. The van der Waals surface area contributed by atoms with E-state index < -0.39 is 10.0 Å². The van der Waals surface area contributed by atoms with Gasteiger partial charge in [-0.25, -0.2) is 13.6 Å². The predicted octanol–water partition coefficient (Wildman–Crippen LogP) is 3.50. The highest BCUT2D eigenvalue weighted by Gasteiger charge is 2.15. The minimum Gasteiger partial charge on any atom is -0.492 e. The van der Waals surface area contributed by atoms with Crippen molar-refractivity contribution in [2.45, 2.75) is 4.90 Å². The largest absolute Gasteiger partial charge is 0.492 e. The van der Waals surface area contributed by atoms with Crippen molar-refractivity contribution in [3.8, 4) is 5.88 Å². The summed E-state index contributed by atoms with van der Waals surface area (Å²) >= 11 is 1.27. The lowest BCUT2D eigenvalue weighted by Gasteiger charge is -2.03. The lowest BCUT2D eigenvalue weighted by Crippen LogP contribution is -2.11. The molecule has 0 unspecified atom stereocenters. The van der Waals surface area contributed by atoms with Crippen LogP contribution in [0.15, 0.2) is 58.4 Å². The Balaban J connectivity index is 1.58. The van der Waals surface area contributed by atoms with Gasteiger partial charge in [-0.1, -0.05) is 29.5 Å². The normalized spacial score (nSPS) is 14.5. The molecule has 0 saturated heterocycles. The van der Waals surface area contributed by atoms with Crippen LogP contribution in [0.4, 0.5) is 16.5 Å². The van der Waals surface area contributed by atoms with Crippen molar-refractivity contribution in [3.63, 3.8) is 0 Å². The van der Waals surface area contributed by atoms with Crippen LogP contribution in [-0.4, -0.2) is 24.7 Å². The van der Waals surface area contributed by atoms with Crippen molar-refractivity contribution >= 4 is 55.7 Å². The molecule has 0 fully saturated rings. The molecule has 27 heavy (non-hydrogen) atoms. The average Bonchev–Trinajstić information content (AvgIpc) is 3.19. The Morgan fingerprint density at radius 3 is 2.59 bits per heavy atom. The smallest absolute Gasteiger partial charge is 0.238 e. The molecule has 1 aliphatic heterocycles. The average molecular weight is 398 g/mol. The van der Waals surface area contributed by atoms with Crippen LogP contribution in [0.2, 0.25) is 0 Å². The van der Waals surface area contributed by atoms with Crippen LogP contribution in [0.25, 0.3) is 11.6 Å². The van der Waals surface area contributed by atoms with Crippen LogP contribution in [-0.2, 0) is 10.0 Å². The van der Waals surface area contributed by atoms with E-state index in [0.29, 0.717) is 15.7 Å². The molecular weight excluding hydrogens is 384 g/mol. The molecule has 0 spiro atoms. The van der Waals surface area contributed by atoms with Gasteiger partial charge in [-0.3, -0.25) is 4.99 Å². The van der Waals surface area contributed by atoms with Crippen molar-refractivity contribution in [1.82, 2.24) is 4.98 Å². The molecule has 0 amide bonds. The van der Waals surface area contributed by atoms with E-state index >= 15 is 0 Å². The van der Waals surface area contributed by atoms with Gasteiger partial charge in [0.15, 0.2) is 5.13 Å². The highest BCUT2D eigenvalue weighted by molar-refractivity contribution is 7.89. The molecule has 0 saturated carbocycles. The number of aromatic nitrogens is 1. The van der Waals surface area contributed by atoms with Gasteiger partial charge in [-0.15, -0.1) is 0 Å². The second kappa shape index (κ2) is 6.62. The number of para-hydroxylation sites is 1. The van der Waals surface area contributed by atoms with Crippen LogP contribution in [0.1, 0.15) is 10.4 Å². The third-order valence-electron chi connectivity index (χ3n) is 3.91. The summed E-state index contributed by atoms with van der Waals surface area (Å²) in [5.74, 6) is -0.0889. The molecule has 0 bridgehead atoms. The topological polar surface area (TPSA) is 118 Å². The molecule has 2 heterocycles. The number of allylic oxidation sites excluding steroid dienone is 1. The van der Waals surface area contributed by atoms with Crippen LogP contribution < -0.4 is 10.5 Å². The molecule has 4 rings (SSSR count). The van der Waals surface area contributed by atoms with Crippen molar-refractivity contribution in [2.24, 2.45) is 10.1 Å². The second-order valence-corrected chi connectivity index (χ2v) is 8.37. The Kier molecular flexibility index (Phi) is 4.27. The zero-order valence-electron chi connectivity index (χ0n) is 13.8. The minimum absolute atomic E-state index is 0.0274. The molecule has 4 N–H and O–H groups in total. The van der Waals surface area contributed by atoms with Gasteiger partial charge in [0, 0.05) is 23.0 Å². The van der Waals surface area contributed by atoms with Crippen molar-refractivity contribution in [2.75, 3.05) is 5.32 Å². The lowest BCUT2D eigenvalue weighted by atomic mass is 10.1. The first-order valence-corrected chi connectivity index (χ1v) is 10.2. The van der Waals surface area contributed by atoms with Gasteiger partial charge >= 0.3 is 0 Å². The number of fused-ring (bicyclic) bond motifs is 1. The molecule has 0 aliphatic carbocycles. The number of aliphatic imine (C=N–C) groups is 1. The molecule has 9 heteroatoms. The lowest BCUT2D eigenvalue weighted by molar-refractivity contribution is 0.457. The Labute approximate surface area is 159 Å². The number of nitrogens with two attached hydrogens (primary N) is 1. The maximum atomic E-state index is 11.3. The quantitative estimate of drug-likeness (QED) is 0.622. The maximum absolute atomic E-state index is 11.3. The minimum atomic E-state index is -3.73. The summed E-state index contributed by atoms with van der Waals surface area (Å²) in [6, 6.07) is 13.7. The van der Waals surface area contributed by atoms with Gasteiger partial charge in [-0.2, -0.15) is 4.98 Å². The summed E-state index contributed by atoms with van der Waals surface area (Å²) in [5.41, 5.74) is 3.41. The van der Waals surface area contributed by atoms with E-state index in [4.69, 9.17) is 5.14 Å². The summed E-state index contributed by atoms with van der Waals surface area (Å²) in [6.45, 7) is 0. The molecule has 3 aromatic rings. The molecular formula is C18H14N4O3S2. The summed E-state index contributed by atoms with van der Waals surface area (Å²) in [6.07, 6.45) is 3.58. The molecule has 0 atom stereocenters. The fourth-order valence-corrected chi connectivity index (χ4v) is 3.97. The van der Waals surface area contributed by atoms with E-state index in [-0.39, 0.29) is 10.8 Å². The summed E-state index contributed by atoms with van der Waals surface area (Å²) in [7, 11) is -3.73. The highest BCUT2D eigenvalue weighted by atomic mass is 32.2. The van der Waals surface area contributed by atoms with E-state index in [1.807, 2.05) is 30.3 Å². The van der Waals surface area contributed by atoms with Crippen molar-refractivity contribution < 1.29 is 13.5 Å². The zero-order chi connectivity index (χ0) is 19.0. The van der Waals surface area contributed by atoms with Crippen molar-refractivity contribution in [1.29, 1.82) is 0 Å². The Morgan fingerprint density at radius 1 is 1.11 bits per heavy atom. The fourth-order valence-electron chi connectivity index (χ4n) is 2.62. The van der Waals surface area contributed by atoms with Crippen LogP contribution in [0, 0.1) is 0 Å². The van der Waals surface area contributed by atoms with E-state index in [1.165, 1.54) is 23.5 Å². The van der Waals surface area contributed by atoms with Gasteiger partial charge in [0.25, 0.3) is 0 Å². The van der Waals surface area contributed by atoms with Gasteiger partial charge in [0.2, 0.25) is 15.9 Å². The number of nitrogens with zero attached hydrogens (tertiary/aromatic N) is 2. The Bertz CT molecular complexity index is 1180. The van der Waals surface area contributed by atoms with E-state index in [1.54, 1.807) is 18.3 Å². The first-order valence-electron chi connectivity index (χ1n) is 7.85. The predicted molar refractivity (Wildman–Crippen MR) is 107 cm³/mol. The van der Waals surface area contributed by atoms with Crippen LogP contribution in [0.5, 0.6) is 5.88 Å². The van der Waals surface area contributed by atoms with Gasteiger partial charge in [0.05, 0.1) is 15.5 Å². The van der Waals surface area contributed by atoms with E-state index in [9.17, 15) is 13.5 Å². The first-order chi connectivity index (χ1) is 12.9. The van der Waals surface area contributed by atoms with Crippen LogP contribution in [0.3, 0.4) is 0 Å². The highest BCUT2D eigenvalue weighted by Crippen LogP contribution is 2.37. The number of thiazole rings is 1. The Hall–Kier alpha value is -3.01. The standard InChI is InChI=1S/C18H14N4O3S2/c19-27(24,25)13-7-5-12(6-8-13)21-18-22-17(23)16(26-18)9-11-10-20-15-4-2-1-3-14(11)15/h1-10,23H,(H,21,22)(H2,19,24,25)/b11-9+. The first kappa shape index (κ1) is 17.4. The Morgan fingerprint density at radius 2 is 1.85 bits per heavy atom. The summed E-state index contributed by atoms with van der Waals surface area (Å²) < 4.78 is 22.6. The third kappa shape index (κ3) is 3.61. The number of nitrogens with one attached hydrogen (secondary N) is 1. The summed E-state index contributed by atoms with van der Waals surface area (Å²) in [5, 5.41) is 18.7. The number of primary sulfonamides is 1. The monoisotopic (exact) mass is 398 g/mol. The molecule has 1 aromatic heterocycles. The number of rotatable bonds is 4. The SMILES string of the molecule is NS(=O)(=O)c1ccc(Nc2nc(O)c(/C=C3\C=Nc4ccccc43)s2)cc1. The van der Waals surface area contributed by atoms with Gasteiger partial charge < -0.3 is 10.4 Å². The molecule has 7 nitrogen and oxygen atoms in total. The number of benzene rings is 2. The number of hydrogen-bond acceptors (Lipinski definition) is 7. The maximum Gasteiger partial charge on any atom is 0.238 e. The van der Waals surface area contributed by atoms with E-state index in [2.05, 4.69) is 15.3 Å². The molecule has 2 aromatic carbocycles. The summed E-state index contributed by atoms with van der Waals surface area (Å²) in [4.78, 5) is 9.07. The number of anilines is 2. The number of sulfonamides is 1. The fraction of sp³-hybridized carbons (Fsp3) is 0. The zero-order valence-corrected chi connectivity index (χ0v) is 15.5. The van der Waals surface area contributed by atoms with Gasteiger partial charge in [-0.05, 0) is 36.4 Å². The van der Waals surface area contributed by atoms with Crippen LogP contribution >= 0.6 is 11.3 Å². The number of aromatic hydroxyl groups is 1. The van der Waals surface area contributed by atoms with Crippen molar-refractivity contribution in [3.05, 3.63) is 59.0 Å². The molecule has 1 aliphatic rings.